The molecule has 0 heterocycles. The number of unbranched alkanes of at least 4 members (excludes halogenated alkanes) is 2. The normalized spacial score (nSPS) is 14.8. The topological polar surface area (TPSA) is 127 Å². The Balaban J connectivity index is 5.51. The summed E-state index contributed by atoms with van der Waals surface area (Å²) in [7, 11) is 0. The second kappa shape index (κ2) is 16.7. The van der Waals surface area contributed by atoms with Gasteiger partial charge < -0.3 is 20.5 Å². The van der Waals surface area contributed by atoms with E-state index >= 15 is 0 Å². The Kier molecular flexibility index (Phi) is 15.8. The van der Waals surface area contributed by atoms with E-state index in [9.17, 15) is 23.7 Å². The van der Waals surface area contributed by atoms with Crippen molar-refractivity contribution < 1.29 is 23.7 Å². The molecule has 3 amide bonds. The van der Waals surface area contributed by atoms with Crippen molar-refractivity contribution in [1.82, 2.24) is 16.0 Å². The van der Waals surface area contributed by atoms with Crippen LogP contribution in [-0.2, 0) is 30.4 Å². The quantitative estimate of drug-likeness (QED) is 0.161. The first-order valence-electron chi connectivity index (χ1n) is 12.2. The molecule has 0 aromatic rings. The lowest BCUT2D eigenvalue weighted by atomic mass is 9.96. The molecule has 0 spiro atoms. The SMILES string of the molecule is C=C(C)C(=O)[C@H](CC(C)C)NC(=O)[C@H](CC[S+](C)[O-])NC(=O)[C@@H](NC(=O)CCCCC)C(C)C. The first-order valence-corrected chi connectivity index (χ1v) is 13.9. The van der Waals surface area contributed by atoms with Crippen LogP contribution in [-0.4, -0.2) is 58.2 Å². The zero-order chi connectivity index (χ0) is 26.4. The molecule has 0 saturated carbocycles. The fraction of sp³-hybridized carbons (Fsp3) is 0.760. The van der Waals surface area contributed by atoms with Gasteiger partial charge in [0, 0.05) is 12.8 Å². The number of hydrogen-bond acceptors (Lipinski definition) is 5. The van der Waals surface area contributed by atoms with Gasteiger partial charge >= 0.3 is 0 Å². The van der Waals surface area contributed by atoms with Gasteiger partial charge in [0.15, 0.2) is 5.78 Å². The number of rotatable bonds is 17. The second-order valence-corrected chi connectivity index (χ2v) is 11.3. The fourth-order valence-electron chi connectivity index (χ4n) is 3.40. The number of ketones is 1. The highest BCUT2D eigenvalue weighted by Crippen LogP contribution is 2.11. The Morgan fingerprint density at radius 3 is 2.00 bits per heavy atom. The highest BCUT2D eigenvalue weighted by atomic mass is 32.2. The molecule has 0 aromatic carbocycles. The van der Waals surface area contributed by atoms with Gasteiger partial charge in [0.25, 0.3) is 0 Å². The molecule has 0 bridgehead atoms. The summed E-state index contributed by atoms with van der Waals surface area (Å²) in [4.78, 5) is 51.0. The Morgan fingerprint density at radius 1 is 0.941 bits per heavy atom. The highest BCUT2D eigenvalue weighted by Gasteiger charge is 2.31. The van der Waals surface area contributed by atoms with E-state index in [1.165, 1.54) is 6.26 Å². The molecule has 0 aliphatic heterocycles. The van der Waals surface area contributed by atoms with Crippen LogP contribution in [0.2, 0.25) is 0 Å². The minimum Gasteiger partial charge on any atom is -0.617 e. The second-order valence-electron chi connectivity index (χ2n) is 9.71. The van der Waals surface area contributed by atoms with Crippen molar-refractivity contribution in [2.45, 2.75) is 98.2 Å². The van der Waals surface area contributed by atoms with Crippen molar-refractivity contribution in [3.05, 3.63) is 12.2 Å². The van der Waals surface area contributed by atoms with Gasteiger partial charge in [0.05, 0.1) is 12.3 Å². The highest BCUT2D eigenvalue weighted by molar-refractivity contribution is 7.90. The first-order chi connectivity index (χ1) is 15.8. The van der Waals surface area contributed by atoms with Crippen LogP contribution < -0.4 is 16.0 Å². The lowest BCUT2D eigenvalue weighted by molar-refractivity contribution is -0.134. The average Bonchev–Trinajstić information content (AvgIpc) is 2.72. The van der Waals surface area contributed by atoms with Crippen molar-refractivity contribution in [2.24, 2.45) is 11.8 Å². The van der Waals surface area contributed by atoms with Gasteiger partial charge in [-0.3, -0.25) is 19.2 Å². The molecule has 0 aliphatic rings. The van der Waals surface area contributed by atoms with Crippen LogP contribution in [0.3, 0.4) is 0 Å². The third kappa shape index (κ3) is 13.1. The molecule has 4 atom stereocenters. The van der Waals surface area contributed by atoms with Crippen LogP contribution in [0.1, 0.15) is 80.1 Å². The Hall–Kier alpha value is -1.87. The Morgan fingerprint density at radius 2 is 1.53 bits per heavy atom. The summed E-state index contributed by atoms with van der Waals surface area (Å²) in [5.41, 5.74) is 0.340. The van der Waals surface area contributed by atoms with Crippen LogP contribution in [0.25, 0.3) is 0 Å². The van der Waals surface area contributed by atoms with Crippen molar-refractivity contribution in [3.8, 4) is 0 Å². The number of amides is 3. The van der Waals surface area contributed by atoms with E-state index in [4.69, 9.17) is 0 Å². The molecule has 0 aromatic heterocycles. The molecule has 3 N–H and O–H groups in total. The van der Waals surface area contributed by atoms with Crippen molar-refractivity contribution >= 4 is 34.7 Å². The molecule has 196 valence electrons. The van der Waals surface area contributed by atoms with E-state index in [1.54, 1.807) is 6.92 Å². The van der Waals surface area contributed by atoms with E-state index in [-0.39, 0.29) is 35.7 Å². The van der Waals surface area contributed by atoms with E-state index in [0.29, 0.717) is 18.4 Å². The molecular weight excluding hydrogens is 454 g/mol. The Labute approximate surface area is 208 Å². The third-order valence-corrected chi connectivity index (χ3v) is 6.17. The molecule has 0 saturated heterocycles. The molecule has 0 aliphatic carbocycles. The predicted molar refractivity (Wildman–Crippen MR) is 138 cm³/mol. The number of carbonyl (C=O) groups is 4. The summed E-state index contributed by atoms with van der Waals surface area (Å²) in [6.07, 6.45) is 5.10. The van der Waals surface area contributed by atoms with Crippen molar-refractivity contribution in [1.29, 1.82) is 0 Å². The number of hydrogen-bond donors (Lipinski definition) is 3. The molecule has 9 heteroatoms. The summed E-state index contributed by atoms with van der Waals surface area (Å²) in [6, 6.07) is -2.54. The van der Waals surface area contributed by atoms with Gasteiger partial charge in [0.1, 0.15) is 17.8 Å². The molecule has 1 unspecified atom stereocenters. The lowest BCUT2D eigenvalue weighted by Gasteiger charge is -2.27. The Bertz CT molecular complexity index is 694. The van der Waals surface area contributed by atoms with Crippen LogP contribution in [0.5, 0.6) is 0 Å². The third-order valence-electron chi connectivity index (χ3n) is 5.36. The summed E-state index contributed by atoms with van der Waals surface area (Å²) in [6.45, 7) is 14.9. The van der Waals surface area contributed by atoms with Gasteiger partial charge in [-0.1, -0.05) is 65.2 Å². The number of Topliss-reactive ketones (excluding diaryl/α,β-unsaturated/α-hetero) is 1. The van der Waals surface area contributed by atoms with E-state index in [1.807, 2.05) is 34.6 Å². The molecule has 0 rings (SSSR count). The van der Waals surface area contributed by atoms with E-state index in [0.717, 1.165) is 19.3 Å². The predicted octanol–water partition coefficient (Wildman–Crippen LogP) is 2.64. The molecule has 0 radical (unpaired) electrons. The van der Waals surface area contributed by atoms with Gasteiger partial charge in [-0.2, -0.15) is 0 Å². The maximum atomic E-state index is 13.1. The van der Waals surface area contributed by atoms with E-state index < -0.39 is 41.1 Å². The van der Waals surface area contributed by atoms with E-state index in [2.05, 4.69) is 22.5 Å². The minimum absolute atomic E-state index is 0.144. The largest absolute Gasteiger partial charge is 0.617 e. The summed E-state index contributed by atoms with van der Waals surface area (Å²) in [5, 5.41) is 8.25. The number of nitrogens with one attached hydrogen (secondary N) is 3. The maximum absolute atomic E-state index is 13.1. The van der Waals surface area contributed by atoms with Crippen LogP contribution >= 0.6 is 0 Å². The minimum atomic E-state index is -1.17. The zero-order valence-corrected chi connectivity index (χ0v) is 22.8. The van der Waals surface area contributed by atoms with Gasteiger partial charge in [0.2, 0.25) is 17.7 Å². The molecular formula is C25H45N3O5S. The summed E-state index contributed by atoms with van der Waals surface area (Å²) >= 11 is -1.17. The van der Waals surface area contributed by atoms with Gasteiger partial charge in [-0.25, -0.2) is 0 Å². The van der Waals surface area contributed by atoms with Crippen LogP contribution in [0.4, 0.5) is 0 Å². The van der Waals surface area contributed by atoms with Crippen molar-refractivity contribution in [2.75, 3.05) is 12.0 Å². The maximum Gasteiger partial charge on any atom is 0.243 e. The monoisotopic (exact) mass is 499 g/mol. The standard InChI is InChI=1S/C25H45N3O5S/c1-9-10-11-12-21(29)28-22(17(4)5)25(32)26-19(13-14-34(8)33)24(31)27-20(15-16(2)3)23(30)18(6)7/h16-17,19-20,22H,6,9-15H2,1-5,7-8H3,(H,26,32)(H,27,31)(H,28,29)/t19-,20-,22-,34?/m0/s1. The first kappa shape index (κ1) is 32.1. The molecule has 0 fully saturated rings. The summed E-state index contributed by atoms with van der Waals surface area (Å²) in [5.74, 6) is -1.30. The summed E-state index contributed by atoms with van der Waals surface area (Å²) < 4.78 is 11.7. The molecule has 34 heavy (non-hydrogen) atoms. The zero-order valence-electron chi connectivity index (χ0n) is 22.0. The lowest BCUT2D eigenvalue weighted by Crippen LogP contribution is -2.57. The van der Waals surface area contributed by atoms with Crippen LogP contribution in [0, 0.1) is 11.8 Å². The smallest absolute Gasteiger partial charge is 0.243 e. The fourth-order valence-corrected chi connectivity index (χ4v) is 3.97. The average molecular weight is 500 g/mol. The van der Waals surface area contributed by atoms with Gasteiger partial charge in [-0.05, 0) is 37.2 Å². The number of carbonyl (C=O) groups excluding carboxylic acids is 4. The molecule has 8 nitrogen and oxygen atoms in total. The van der Waals surface area contributed by atoms with Gasteiger partial charge in [-0.15, -0.1) is 0 Å². The van der Waals surface area contributed by atoms with Crippen LogP contribution in [0.15, 0.2) is 12.2 Å². The van der Waals surface area contributed by atoms with Crippen molar-refractivity contribution in [3.63, 3.8) is 0 Å².